The molecule has 0 radical (unpaired) electrons. The standard InChI is InChI=1S/C24H35N3O4/c1-16(2)25-22(29)11-18-14-27(13-17-6-5-7-19(28)10-17)20-15-31-21(24(18)20)12-23(30)26-8-3-4-9-26/h5-7,10,16,18,20-21,24,28H,3-4,8-9,11-15H2,1-2H3,(H,25,29)/t18-,20-,21+,24-/m1/s1. The molecule has 0 saturated carbocycles. The summed E-state index contributed by atoms with van der Waals surface area (Å²) >= 11 is 0. The molecule has 4 atom stereocenters. The van der Waals surface area contributed by atoms with Gasteiger partial charge in [-0.1, -0.05) is 12.1 Å². The van der Waals surface area contributed by atoms with Crippen LogP contribution in [0.3, 0.4) is 0 Å². The van der Waals surface area contributed by atoms with E-state index in [1.165, 1.54) is 0 Å². The molecule has 2 N–H and O–H groups in total. The first kappa shape index (κ1) is 22.1. The van der Waals surface area contributed by atoms with Crippen LogP contribution in [0, 0.1) is 11.8 Å². The quantitative estimate of drug-likeness (QED) is 0.694. The van der Waals surface area contributed by atoms with Gasteiger partial charge in [-0.2, -0.15) is 0 Å². The van der Waals surface area contributed by atoms with Crippen molar-refractivity contribution in [2.45, 2.75) is 64.3 Å². The Morgan fingerprint density at radius 1 is 1.23 bits per heavy atom. The summed E-state index contributed by atoms with van der Waals surface area (Å²) in [5.74, 6) is 0.828. The summed E-state index contributed by atoms with van der Waals surface area (Å²) in [6, 6.07) is 7.63. The van der Waals surface area contributed by atoms with Crippen LogP contribution in [0.2, 0.25) is 0 Å². The summed E-state index contributed by atoms with van der Waals surface area (Å²) in [5, 5.41) is 12.9. The van der Waals surface area contributed by atoms with Crippen LogP contribution in [0.4, 0.5) is 0 Å². The molecule has 0 bridgehead atoms. The first-order chi connectivity index (χ1) is 14.9. The van der Waals surface area contributed by atoms with E-state index in [1.54, 1.807) is 12.1 Å². The molecule has 0 unspecified atom stereocenters. The topological polar surface area (TPSA) is 82.1 Å². The number of hydrogen-bond acceptors (Lipinski definition) is 5. The molecule has 0 aromatic heterocycles. The Kier molecular flexibility index (Phi) is 6.82. The second-order valence-electron chi connectivity index (χ2n) is 9.59. The average molecular weight is 430 g/mol. The molecule has 2 amide bonds. The van der Waals surface area contributed by atoms with E-state index in [9.17, 15) is 14.7 Å². The van der Waals surface area contributed by atoms with E-state index in [-0.39, 0.29) is 47.6 Å². The Labute approximate surface area is 184 Å². The van der Waals surface area contributed by atoms with Crippen LogP contribution in [0.25, 0.3) is 0 Å². The zero-order chi connectivity index (χ0) is 22.0. The van der Waals surface area contributed by atoms with Crippen molar-refractivity contribution in [3.05, 3.63) is 29.8 Å². The molecule has 7 heteroatoms. The van der Waals surface area contributed by atoms with Crippen LogP contribution in [0.5, 0.6) is 5.75 Å². The molecule has 0 aliphatic carbocycles. The number of carbonyl (C=O) groups is 2. The maximum Gasteiger partial charge on any atom is 0.225 e. The summed E-state index contributed by atoms with van der Waals surface area (Å²) in [6.45, 7) is 7.73. The van der Waals surface area contributed by atoms with Gasteiger partial charge >= 0.3 is 0 Å². The van der Waals surface area contributed by atoms with Crippen LogP contribution >= 0.6 is 0 Å². The van der Waals surface area contributed by atoms with Gasteiger partial charge in [-0.25, -0.2) is 0 Å². The van der Waals surface area contributed by atoms with Gasteiger partial charge in [0.15, 0.2) is 0 Å². The van der Waals surface area contributed by atoms with E-state index < -0.39 is 0 Å². The molecule has 3 heterocycles. The van der Waals surface area contributed by atoms with Gasteiger partial charge in [-0.15, -0.1) is 0 Å². The van der Waals surface area contributed by atoms with E-state index in [2.05, 4.69) is 10.2 Å². The summed E-state index contributed by atoms with van der Waals surface area (Å²) in [5.41, 5.74) is 1.04. The number of ether oxygens (including phenoxy) is 1. The molecule has 4 rings (SSSR count). The first-order valence-electron chi connectivity index (χ1n) is 11.6. The predicted molar refractivity (Wildman–Crippen MR) is 117 cm³/mol. The highest BCUT2D eigenvalue weighted by Crippen LogP contribution is 2.42. The van der Waals surface area contributed by atoms with Gasteiger partial charge in [-0.05, 0) is 50.3 Å². The van der Waals surface area contributed by atoms with Gasteiger partial charge in [0.1, 0.15) is 5.75 Å². The zero-order valence-electron chi connectivity index (χ0n) is 18.6. The van der Waals surface area contributed by atoms with Gasteiger partial charge in [0.2, 0.25) is 11.8 Å². The molecular weight excluding hydrogens is 394 g/mol. The minimum atomic E-state index is -0.135. The number of benzene rings is 1. The van der Waals surface area contributed by atoms with Gasteiger partial charge in [0.25, 0.3) is 0 Å². The van der Waals surface area contributed by atoms with Crippen molar-refractivity contribution in [2.75, 3.05) is 26.2 Å². The molecule has 0 spiro atoms. The predicted octanol–water partition coefficient (Wildman–Crippen LogP) is 2.13. The second-order valence-corrected chi connectivity index (χ2v) is 9.59. The summed E-state index contributed by atoms with van der Waals surface area (Å²) < 4.78 is 6.16. The minimum Gasteiger partial charge on any atom is -0.508 e. The number of carbonyl (C=O) groups excluding carboxylic acids is 2. The van der Waals surface area contributed by atoms with Gasteiger partial charge in [0, 0.05) is 50.6 Å². The molecule has 31 heavy (non-hydrogen) atoms. The molecule has 3 saturated heterocycles. The van der Waals surface area contributed by atoms with E-state index in [0.717, 1.165) is 38.0 Å². The van der Waals surface area contributed by atoms with Gasteiger partial charge < -0.3 is 20.1 Å². The molecule has 7 nitrogen and oxygen atoms in total. The lowest BCUT2D eigenvalue weighted by molar-refractivity contribution is -0.133. The minimum absolute atomic E-state index is 0.0643. The second kappa shape index (κ2) is 9.57. The number of phenols is 1. The van der Waals surface area contributed by atoms with E-state index in [1.807, 2.05) is 30.9 Å². The number of rotatable bonds is 7. The fourth-order valence-corrected chi connectivity index (χ4v) is 5.57. The summed E-state index contributed by atoms with van der Waals surface area (Å²) in [4.78, 5) is 29.7. The fourth-order valence-electron chi connectivity index (χ4n) is 5.57. The Hall–Kier alpha value is -2.12. The lowest BCUT2D eigenvalue weighted by Crippen LogP contribution is -2.37. The van der Waals surface area contributed by atoms with Crippen molar-refractivity contribution in [1.82, 2.24) is 15.1 Å². The fraction of sp³-hybridized carbons (Fsp3) is 0.667. The highest BCUT2D eigenvalue weighted by molar-refractivity contribution is 5.77. The maximum atomic E-state index is 12.8. The maximum absolute atomic E-state index is 12.8. The molecule has 1 aromatic carbocycles. The number of likely N-dealkylation sites (tertiary alicyclic amines) is 2. The molecule has 3 aliphatic heterocycles. The number of hydrogen-bond donors (Lipinski definition) is 2. The Balaban J connectivity index is 1.48. The molecule has 170 valence electrons. The molecular formula is C24H35N3O4. The molecule has 3 aliphatic rings. The van der Waals surface area contributed by atoms with Crippen molar-refractivity contribution < 1.29 is 19.4 Å². The lowest BCUT2D eigenvalue weighted by atomic mass is 9.84. The number of nitrogens with one attached hydrogen (secondary N) is 1. The smallest absolute Gasteiger partial charge is 0.225 e. The van der Waals surface area contributed by atoms with Crippen molar-refractivity contribution in [3.8, 4) is 5.75 Å². The van der Waals surface area contributed by atoms with Crippen LogP contribution in [-0.2, 0) is 20.9 Å². The van der Waals surface area contributed by atoms with Crippen LogP contribution in [0.15, 0.2) is 24.3 Å². The highest BCUT2D eigenvalue weighted by Gasteiger charge is 2.51. The van der Waals surface area contributed by atoms with Crippen molar-refractivity contribution >= 4 is 11.8 Å². The van der Waals surface area contributed by atoms with E-state index in [4.69, 9.17) is 4.74 Å². The van der Waals surface area contributed by atoms with Crippen LogP contribution in [0.1, 0.15) is 45.1 Å². The Morgan fingerprint density at radius 2 is 2.00 bits per heavy atom. The Morgan fingerprint density at radius 3 is 2.71 bits per heavy atom. The first-order valence-corrected chi connectivity index (χ1v) is 11.6. The molecule has 3 fully saturated rings. The monoisotopic (exact) mass is 429 g/mol. The van der Waals surface area contributed by atoms with Crippen LogP contribution in [-0.4, -0.2) is 71.1 Å². The third-order valence-corrected chi connectivity index (χ3v) is 6.87. The van der Waals surface area contributed by atoms with Crippen LogP contribution < -0.4 is 5.32 Å². The van der Waals surface area contributed by atoms with Crippen molar-refractivity contribution in [1.29, 1.82) is 0 Å². The normalized spacial score (nSPS) is 28.3. The third-order valence-electron chi connectivity index (χ3n) is 6.87. The average Bonchev–Trinajstić information content (AvgIpc) is 3.42. The van der Waals surface area contributed by atoms with Crippen molar-refractivity contribution in [3.63, 3.8) is 0 Å². The SMILES string of the molecule is CC(C)NC(=O)C[C@@H]1CN(Cc2cccc(O)c2)[C@@H]2CO[C@@H](CC(=O)N3CCCC3)[C@H]12. The van der Waals surface area contributed by atoms with Crippen molar-refractivity contribution in [2.24, 2.45) is 11.8 Å². The lowest BCUT2D eigenvalue weighted by Gasteiger charge is -2.25. The summed E-state index contributed by atoms with van der Waals surface area (Å²) in [7, 11) is 0. The van der Waals surface area contributed by atoms with Gasteiger partial charge in [0.05, 0.1) is 19.1 Å². The van der Waals surface area contributed by atoms with E-state index >= 15 is 0 Å². The number of aromatic hydroxyl groups is 1. The van der Waals surface area contributed by atoms with Gasteiger partial charge in [-0.3, -0.25) is 14.5 Å². The highest BCUT2D eigenvalue weighted by atomic mass is 16.5. The number of amides is 2. The Bertz CT molecular complexity index is 793. The van der Waals surface area contributed by atoms with E-state index in [0.29, 0.717) is 26.0 Å². The third kappa shape index (κ3) is 5.21. The largest absolute Gasteiger partial charge is 0.508 e. The summed E-state index contributed by atoms with van der Waals surface area (Å²) in [6.07, 6.45) is 2.89. The number of nitrogens with zero attached hydrogens (tertiary/aromatic N) is 2. The molecule has 1 aromatic rings. The number of fused-ring (bicyclic) bond motifs is 1. The zero-order valence-corrected chi connectivity index (χ0v) is 18.6. The number of phenolic OH excluding ortho intramolecular Hbond substituents is 1.